The molecule has 2 aromatic carbocycles. The van der Waals surface area contributed by atoms with E-state index in [0.717, 1.165) is 12.1 Å². The summed E-state index contributed by atoms with van der Waals surface area (Å²) in [6.45, 7) is 14.1. The number of ether oxygens (including phenoxy) is 3. The van der Waals surface area contributed by atoms with E-state index >= 15 is 0 Å². The van der Waals surface area contributed by atoms with Crippen molar-refractivity contribution in [3.05, 3.63) is 105 Å². The maximum atomic E-state index is 14.1. The Kier molecular flexibility index (Phi) is 10.9. The molecule has 1 unspecified atom stereocenters. The smallest absolute Gasteiger partial charge is 0.410 e. The molecule has 6 rings (SSSR count). The summed E-state index contributed by atoms with van der Waals surface area (Å²) < 4.78 is 72.2. The van der Waals surface area contributed by atoms with Gasteiger partial charge < -0.3 is 24.8 Å². The number of rotatable bonds is 12. The number of nitrogens with zero attached hydrogens (tertiary/aromatic N) is 5. The zero-order valence-corrected chi connectivity index (χ0v) is 31.0. The number of para-hydroxylation sites is 1. The Morgan fingerprint density at radius 3 is 2.50 bits per heavy atom. The summed E-state index contributed by atoms with van der Waals surface area (Å²) in [7, 11) is 0. The van der Waals surface area contributed by atoms with Crippen LogP contribution in [0.3, 0.4) is 0 Å². The van der Waals surface area contributed by atoms with E-state index in [4.69, 9.17) is 26.5 Å². The minimum atomic E-state index is -2.79. The van der Waals surface area contributed by atoms with E-state index in [2.05, 4.69) is 14.9 Å². The minimum absolute atomic E-state index is 0.0105. The van der Waals surface area contributed by atoms with E-state index in [9.17, 15) is 31.9 Å². The molecule has 1 atom stereocenters. The number of ketones is 2. The van der Waals surface area contributed by atoms with Crippen molar-refractivity contribution in [2.24, 2.45) is 0 Å². The maximum Gasteiger partial charge on any atom is 0.410 e. The van der Waals surface area contributed by atoms with Crippen molar-refractivity contribution >= 4 is 29.6 Å². The molecule has 1 fully saturated rings. The number of nitrogens with two attached hydrogens (primary N) is 1. The fourth-order valence-electron chi connectivity index (χ4n) is 6.63. The molecule has 12 nitrogen and oxygen atoms in total. The highest BCUT2D eigenvalue weighted by atomic mass is 19.3. The van der Waals surface area contributed by atoms with Gasteiger partial charge >= 0.3 is 6.09 Å². The van der Waals surface area contributed by atoms with Crippen molar-refractivity contribution in [3.63, 3.8) is 0 Å². The Morgan fingerprint density at radius 1 is 1.11 bits per heavy atom. The van der Waals surface area contributed by atoms with Gasteiger partial charge in [0.15, 0.2) is 17.4 Å². The molecule has 0 spiro atoms. The Bertz CT molecular complexity index is 2270. The van der Waals surface area contributed by atoms with Crippen LogP contribution < -0.4 is 15.2 Å². The predicted octanol–water partition coefficient (Wildman–Crippen LogP) is 7.50. The zero-order chi connectivity index (χ0) is 40.5. The summed E-state index contributed by atoms with van der Waals surface area (Å²) in [6.07, 6.45) is 0.837. The van der Waals surface area contributed by atoms with E-state index in [-0.39, 0.29) is 67.6 Å². The van der Waals surface area contributed by atoms with E-state index in [1.54, 1.807) is 39.8 Å². The molecule has 1 amide bonds. The van der Waals surface area contributed by atoms with Crippen LogP contribution in [-0.2, 0) is 22.4 Å². The van der Waals surface area contributed by atoms with Gasteiger partial charge in [0.1, 0.15) is 36.1 Å². The van der Waals surface area contributed by atoms with Crippen molar-refractivity contribution in [1.29, 1.82) is 0 Å². The number of aromatic nitrogens is 3. The number of hydrogen-bond acceptors (Lipinski definition) is 9. The number of hydrogen-bond donors (Lipinski definition) is 1. The summed E-state index contributed by atoms with van der Waals surface area (Å²) in [5.41, 5.74) is 7.29. The Hall–Kier alpha value is -6.24. The number of allylic oxidation sites excluding steroid dienone is 1. The largest absolute Gasteiger partial charge is 0.487 e. The van der Waals surface area contributed by atoms with Crippen LogP contribution in [-0.4, -0.2) is 74.6 Å². The standard InChI is InChI=1S/C40H38F4N6O6/c1-22-11-34(55-36-29(41)7-6-8-30(36)42)47-19-31(22)50-37(45)28(18-48-50)35(52)26-13-23-12-25(32(16-24(23)14-26)54-20-33(43)44)15-27(51)17-40(46-5)9-10-49(21-40)38(53)56-39(2,3)4/h6-8,11-12,14,16,18-19,33H,9-10,13,15,17,20-21,45H2,1-4H3. The number of alkyl halides is 2. The molecule has 4 aromatic rings. The molecule has 2 aliphatic rings. The summed E-state index contributed by atoms with van der Waals surface area (Å²) in [5, 5.41) is 4.28. The number of nitrogen functional groups attached to an aromatic ring is 1. The first kappa shape index (κ1) is 39.5. The summed E-state index contributed by atoms with van der Waals surface area (Å²) in [5.74, 6) is -3.26. The second-order valence-corrected chi connectivity index (χ2v) is 14.7. The number of pyridine rings is 1. The highest BCUT2D eigenvalue weighted by Gasteiger charge is 2.48. The lowest BCUT2D eigenvalue weighted by Gasteiger charge is -2.24. The third-order valence-corrected chi connectivity index (χ3v) is 9.29. The molecule has 16 heteroatoms. The lowest BCUT2D eigenvalue weighted by atomic mass is 9.90. The lowest BCUT2D eigenvalue weighted by Crippen LogP contribution is -2.39. The van der Waals surface area contributed by atoms with Crippen LogP contribution in [0, 0.1) is 25.1 Å². The number of amides is 1. The fraction of sp³-hybridized carbons (Fsp3) is 0.350. The number of aryl methyl sites for hydroxylation is 1. The maximum absolute atomic E-state index is 14.1. The van der Waals surface area contributed by atoms with Crippen LogP contribution in [0.5, 0.6) is 17.4 Å². The van der Waals surface area contributed by atoms with Crippen LogP contribution >= 0.6 is 0 Å². The lowest BCUT2D eigenvalue weighted by molar-refractivity contribution is -0.119. The number of anilines is 1. The van der Waals surface area contributed by atoms with Gasteiger partial charge in [-0.05, 0) is 68.7 Å². The molecule has 3 heterocycles. The number of benzene rings is 2. The molecule has 0 saturated carbocycles. The van der Waals surface area contributed by atoms with Gasteiger partial charge in [-0.1, -0.05) is 12.1 Å². The van der Waals surface area contributed by atoms with Gasteiger partial charge in [0.25, 0.3) is 12.0 Å². The molecule has 2 aromatic heterocycles. The van der Waals surface area contributed by atoms with E-state index in [0.29, 0.717) is 33.5 Å². The first-order valence-corrected chi connectivity index (χ1v) is 17.6. The van der Waals surface area contributed by atoms with Crippen LogP contribution in [0.25, 0.3) is 16.6 Å². The van der Waals surface area contributed by atoms with Gasteiger partial charge in [0, 0.05) is 43.0 Å². The van der Waals surface area contributed by atoms with Crippen molar-refractivity contribution in [3.8, 4) is 23.1 Å². The Labute approximate surface area is 319 Å². The minimum Gasteiger partial charge on any atom is -0.487 e. The van der Waals surface area contributed by atoms with Crippen LogP contribution in [0.2, 0.25) is 0 Å². The topological polar surface area (TPSA) is 143 Å². The van der Waals surface area contributed by atoms with Crippen molar-refractivity contribution in [2.45, 2.75) is 70.9 Å². The number of halogens is 4. The third-order valence-electron chi connectivity index (χ3n) is 9.29. The van der Waals surface area contributed by atoms with Crippen LogP contribution in [0.15, 0.2) is 54.4 Å². The Morgan fingerprint density at radius 2 is 1.84 bits per heavy atom. The first-order chi connectivity index (χ1) is 26.5. The van der Waals surface area contributed by atoms with E-state index < -0.39 is 53.4 Å². The zero-order valence-electron chi connectivity index (χ0n) is 31.0. The van der Waals surface area contributed by atoms with Crippen molar-refractivity contribution < 1.29 is 46.2 Å². The quantitative estimate of drug-likeness (QED) is 0.0880. The van der Waals surface area contributed by atoms with Gasteiger partial charge in [-0.15, -0.1) is 0 Å². The average Bonchev–Trinajstić information content (AvgIpc) is 3.85. The van der Waals surface area contributed by atoms with Gasteiger partial charge in [0.05, 0.1) is 30.1 Å². The molecule has 1 saturated heterocycles. The van der Waals surface area contributed by atoms with Gasteiger partial charge in [-0.2, -0.15) is 5.10 Å². The SMILES string of the molecule is [C-]#[N+]C1(CC(=O)Cc2cc3c(cc2OCC(F)F)C=C(C(=O)c2cnn(-c4cnc(Oc5c(F)cccc5F)cc4C)c2N)C3)CCN(C(=O)OC(C)(C)C)C1. The number of carbonyl (C=O) groups excluding carboxylic acids is 3. The van der Waals surface area contributed by atoms with Crippen molar-refractivity contribution in [2.75, 3.05) is 25.4 Å². The van der Waals surface area contributed by atoms with Crippen molar-refractivity contribution in [1.82, 2.24) is 19.7 Å². The van der Waals surface area contributed by atoms with Crippen LogP contribution in [0.4, 0.5) is 28.2 Å². The number of fused-ring (bicyclic) bond motifs is 1. The number of Topliss-reactive ketones (excluding diaryl/α,β-unsaturated/α-hetero) is 2. The molecular formula is C40H38F4N6O6. The van der Waals surface area contributed by atoms with E-state index in [1.807, 2.05) is 0 Å². The molecule has 0 bridgehead atoms. The Balaban J connectivity index is 1.18. The second kappa shape index (κ2) is 15.5. The van der Waals surface area contributed by atoms with Gasteiger partial charge in [-0.3, -0.25) is 14.5 Å². The molecule has 292 valence electrons. The monoisotopic (exact) mass is 774 g/mol. The predicted molar refractivity (Wildman–Crippen MR) is 196 cm³/mol. The van der Waals surface area contributed by atoms with Gasteiger partial charge in [0.2, 0.25) is 11.6 Å². The summed E-state index contributed by atoms with van der Waals surface area (Å²) in [6, 6.07) is 7.88. The molecule has 1 aliphatic heterocycles. The second-order valence-electron chi connectivity index (χ2n) is 14.7. The number of likely N-dealkylation sites (tertiary alicyclic amines) is 1. The number of carbonyl (C=O) groups is 3. The molecular weight excluding hydrogens is 736 g/mol. The fourth-order valence-corrected chi connectivity index (χ4v) is 6.63. The molecule has 1 aliphatic carbocycles. The third kappa shape index (κ3) is 8.51. The highest BCUT2D eigenvalue weighted by Crippen LogP contribution is 2.37. The summed E-state index contributed by atoms with van der Waals surface area (Å²) in [4.78, 5) is 49.2. The highest BCUT2D eigenvalue weighted by molar-refractivity contribution is 6.15. The molecule has 56 heavy (non-hydrogen) atoms. The molecule has 0 radical (unpaired) electrons. The summed E-state index contributed by atoms with van der Waals surface area (Å²) >= 11 is 0. The average molecular weight is 775 g/mol. The van der Waals surface area contributed by atoms with E-state index in [1.165, 1.54) is 40.2 Å². The van der Waals surface area contributed by atoms with Gasteiger partial charge in [-0.25, -0.2) is 38.6 Å². The first-order valence-electron chi connectivity index (χ1n) is 17.6. The van der Waals surface area contributed by atoms with Crippen LogP contribution in [0.1, 0.15) is 66.2 Å². The normalized spacial score (nSPS) is 16.4. The molecule has 2 N–H and O–H groups in total.